The molecule has 0 fully saturated rings. The summed E-state index contributed by atoms with van der Waals surface area (Å²) >= 11 is 0. The van der Waals surface area contributed by atoms with Gasteiger partial charge in [-0.05, 0) is 20.8 Å². The van der Waals surface area contributed by atoms with E-state index in [9.17, 15) is 4.79 Å². The first-order valence-electron chi connectivity index (χ1n) is 6.52. The third-order valence-electron chi connectivity index (χ3n) is 2.38. The number of nitrogens with one attached hydrogen (secondary N) is 3. The quantitative estimate of drug-likeness (QED) is 0.615. The molecule has 0 saturated heterocycles. The molecule has 2 heterocycles. The lowest BCUT2D eigenvalue weighted by Gasteiger charge is -2.19. The van der Waals surface area contributed by atoms with Crippen molar-refractivity contribution >= 4 is 29.0 Å². The number of ether oxygens (including phenoxy) is 1. The monoisotopic (exact) mass is 293 g/mol. The molecule has 2 aromatic rings. The number of aromatic nitrogens is 4. The molecule has 2 aromatic heterocycles. The van der Waals surface area contributed by atoms with Crippen LogP contribution in [0.25, 0.3) is 11.2 Å². The van der Waals surface area contributed by atoms with Crippen LogP contribution in [0, 0.1) is 0 Å². The summed E-state index contributed by atoms with van der Waals surface area (Å²) in [6.45, 7) is 6.24. The molecule has 2 rings (SSSR count). The fraction of sp³-hybridized carbons (Fsp3) is 0.500. The molecule has 114 valence electrons. The number of imidazole rings is 1. The van der Waals surface area contributed by atoms with E-state index in [0.717, 1.165) is 0 Å². The number of nitrogen functional groups attached to an aromatic ring is 1. The summed E-state index contributed by atoms with van der Waals surface area (Å²) in [5.41, 5.74) is 6.34. The summed E-state index contributed by atoms with van der Waals surface area (Å²) in [6.07, 6.45) is 1.04. The Morgan fingerprint density at radius 3 is 2.86 bits per heavy atom. The van der Waals surface area contributed by atoms with Crippen LogP contribution >= 0.6 is 0 Å². The number of hydrogen-bond donors (Lipinski definition) is 4. The van der Waals surface area contributed by atoms with Crippen molar-refractivity contribution in [2.24, 2.45) is 0 Å². The predicted octanol–water partition coefficient (Wildman–Crippen LogP) is 0.872. The van der Waals surface area contributed by atoms with E-state index in [1.54, 1.807) is 20.8 Å². The number of anilines is 2. The molecule has 0 unspecified atom stereocenters. The fourth-order valence-corrected chi connectivity index (χ4v) is 1.59. The standard InChI is InChI=1S/C12H19N7O2/c1-12(2,3)21-11(20)15-5-4-14-10-18-8(13)7-9(19-10)17-6-16-7/h6H,4-5H2,1-3H3,(H,15,20)(H4,13,14,16,17,18,19). The zero-order valence-corrected chi connectivity index (χ0v) is 12.2. The molecule has 9 nitrogen and oxygen atoms in total. The molecule has 1 amide bonds. The predicted molar refractivity (Wildman–Crippen MR) is 78.8 cm³/mol. The molecule has 0 radical (unpaired) electrons. The highest BCUT2D eigenvalue weighted by atomic mass is 16.6. The molecule has 21 heavy (non-hydrogen) atoms. The second-order valence-corrected chi connectivity index (χ2v) is 5.39. The van der Waals surface area contributed by atoms with Crippen LogP contribution in [-0.4, -0.2) is 44.7 Å². The van der Waals surface area contributed by atoms with Gasteiger partial charge in [0, 0.05) is 13.1 Å². The Morgan fingerprint density at radius 1 is 1.38 bits per heavy atom. The summed E-state index contributed by atoms with van der Waals surface area (Å²) in [6, 6.07) is 0. The van der Waals surface area contributed by atoms with Crippen molar-refractivity contribution in [2.75, 3.05) is 24.1 Å². The Bertz CT molecular complexity index is 632. The number of aromatic amines is 1. The van der Waals surface area contributed by atoms with Gasteiger partial charge >= 0.3 is 6.09 Å². The van der Waals surface area contributed by atoms with Gasteiger partial charge in [0.25, 0.3) is 0 Å². The number of nitrogens with two attached hydrogens (primary N) is 1. The zero-order valence-electron chi connectivity index (χ0n) is 12.2. The van der Waals surface area contributed by atoms with E-state index < -0.39 is 11.7 Å². The third-order valence-corrected chi connectivity index (χ3v) is 2.38. The van der Waals surface area contributed by atoms with Crippen LogP contribution in [0.5, 0.6) is 0 Å². The van der Waals surface area contributed by atoms with Gasteiger partial charge in [-0.25, -0.2) is 9.78 Å². The van der Waals surface area contributed by atoms with Crippen LogP contribution in [-0.2, 0) is 4.74 Å². The number of amides is 1. The Kier molecular flexibility index (Phi) is 4.10. The number of rotatable bonds is 4. The normalized spacial score (nSPS) is 11.4. The molecule has 0 atom stereocenters. The molecule has 5 N–H and O–H groups in total. The molecule has 0 aliphatic rings. The largest absolute Gasteiger partial charge is 0.444 e. The summed E-state index contributed by atoms with van der Waals surface area (Å²) in [7, 11) is 0. The van der Waals surface area contributed by atoms with Gasteiger partial charge in [-0.1, -0.05) is 0 Å². The second kappa shape index (κ2) is 5.81. The lowest BCUT2D eigenvalue weighted by atomic mass is 10.2. The molecule has 0 spiro atoms. The Labute approximate surface area is 121 Å². The van der Waals surface area contributed by atoms with Crippen molar-refractivity contribution in [1.29, 1.82) is 0 Å². The fourth-order valence-electron chi connectivity index (χ4n) is 1.59. The Hall–Kier alpha value is -2.58. The van der Waals surface area contributed by atoms with Crippen molar-refractivity contribution in [3.8, 4) is 0 Å². The molecular weight excluding hydrogens is 274 g/mol. The highest BCUT2D eigenvalue weighted by Gasteiger charge is 2.15. The maximum atomic E-state index is 11.4. The average Bonchev–Trinajstić information content (AvgIpc) is 2.81. The van der Waals surface area contributed by atoms with E-state index in [1.165, 1.54) is 6.33 Å². The number of alkyl carbamates (subject to hydrolysis) is 1. The van der Waals surface area contributed by atoms with Gasteiger partial charge in [0.15, 0.2) is 11.5 Å². The molecule has 0 aromatic carbocycles. The van der Waals surface area contributed by atoms with E-state index in [-0.39, 0.29) is 0 Å². The number of H-pyrrole nitrogens is 1. The third kappa shape index (κ3) is 4.20. The van der Waals surface area contributed by atoms with E-state index in [0.29, 0.717) is 36.0 Å². The van der Waals surface area contributed by atoms with E-state index >= 15 is 0 Å². The summed E-state index contributed by atoms with van der Waals surface area (Å²) < 4.78 is 5.11. The van der Waals surface area contributed by atoms with Crippen LogP contribution in [0.15, 0.2) is 6.33 Å². The topological polar surface area (TPSA) is 131 Å². The minimum Gasteiger partial charge on any atom is -0.444 e. The highest BCUT2D eigenvalue weighted by molar-refractivity contribution is 5.82. The van der Waals surface area contributed by atoms with Crippen molar-refractivity contribution in [2.45, 2.75) is 26.4 Å². The van der Waals surface area contributed by atoms with Crippen molar-refractivity contribution < 1.29 is 9.53 Å². The van der Waals surface area contributed by atoms with Gasteiger partial charge < -0.3 is 26.1 Å². The lowest BCUT2D eigenvalue weighted by molar-refractivity contribution is 0.0530. The van der Waals surface area contributed by atoms with Crippen molar-refractivity contribution in [3.63, 3.8) is 0 Å². The van der Waals surface area contributed by atoms with Crippen LogP contribution in [0.2, 0.25) is 0 Å². The van der Waals surface area contributed by atoms with Gasteiger partial charge in [-0.3, -0.25) is 0 Å². The van der Waals surface area contributed by atoms with E-state index in [2.05, 4.69) is 30.6 Å². The molecule has 0 saturated carbocycles. The lowest BCUT2D eigenvalue weighted by Crippen LogP contribution is -2.35. The van der Waals surface area contributed by atoms with Gasteiger partial charge in [0.1, 0.15) is 11.1 Å². The summed E-state index contributed by atoms with van der Waals surface area (Å²) in [5, 5.41) is 5.59. The SMILES string of the molecule is CC(C)(C)OC(=O)NCCNc1nc(N)c2nc[nH]c2n1. The maximum Gasteiger partial charge on any atom is 0.407 e. The van der Waals surface area contributed by atoms with Gasteiger partial charge in [0.2, 0.25) is 5.95 Å². The smallest absolute Gasteiger partial charge is 0.407 e. The second-order valence-electron chi connectivity index (χ2n) is 5.39. The summed E-state index contributed by atoms with van der Waals surface area (Å²) in [4.78, 5) is 26.6. The first-order valence-corrected chi connectivity index (χ1v) is 6.52. The molecule has 0 aliphatic heterocycles. The molecular formula is C12H19N7O2. The number of hydrogen-bond acceptors (Lipinski definition) is 7. The molecule has 9 heteroatoms. The van der Waals surface area contributed by atoms with Crippen LogP contribution in [0.4, 0.5) is 16.6 Å². The van der Waals surface area contributed by atoms with Crippen molar-refractivity contribution in [3.05, 3.63) is 6.33 Å². The van der Waals surface area contributed by atoms with E-state index in [4.69, 9.17) is 10.5 Å². The first-order chi connectivity index (χ1) is 9.85. The number of nitrogens with zero attached hydrogens (tertiary/aromatic N) is 3. The average molecular weight is 293 g/mol. The minimum absolute atomic E-state index is 0.295. The number of carbonyl (C=O) groups is 1. The zero-order chi connectivity index (χ0) is 15.5. The Balaban J connectivity index is 1.81. The van der Waals surface area contributed by atoms with E-state index in [1.807, 2.05) is 0 Å². The van der Waals surface area contributed by atoms with Crippen LogP contribution in [0.1, 0.15) is 20.8 Å². The molecule has 0 aliphatic carbocycles. The van der Waals surface area contributed by atoms with Gasteiger partial charge in [0.05, 0.1) is 6.33 Å². The van der Waals surface area contributed by atoms with Gasteiger partial charge in [-0.2, -0.15) is 9.97 Å². The van der Waals surface area contributed by atoms with Gasteiger partial charge in [-0.15, -0.1) is 0 Å². The molecule has 0 bridgehead atoms. The van der Waals surface area contributed by atoms with Crippen LogP contribution in [0.3, 0.4) is 0 Å². The van der Waals surface area contributed by atoms with Crippen LogP contribution < -0.4 is 16.4 Å². The summed E-state index contributed by atoms with van der Waals surface area (Å²) in [5.74, 6) is 0.666. The number of fused-ring (bicyclic) bond motifs is 1. The first kappa shape index (κ1) is 14.8. The Morgan fingerprint density at radius 2 is 2.14 bits per heavy atom. The highest BCUT2D eigenvalue weighted by Crippen LogP contribution is 2.14. The maximum absolute atomic E-state index is 11.4. The number of carbonyl (C=O) groups excluding carboxylic acids is 1. The van der Waals surface area contributed by atoms with Crippen molar-refractivity contribution in [1.82, 2.24) is 25.3 Å². The minimum atomic E-state index is -0.513.